The van der Waals surface area contributed by atoms with E-state index >= 15 is 0 Å². The van der Waals surface area contributed by atoms with Gasteiger partial charge in [0.25, 0.3) is 0 Å². The predicted molar refractivity (Wildman–Crippen MR) is 626 cm³/mol. The van der Waals surface area contributed by atoms with Crippen molar-refractivity contribution in [3.8, 4) is 100 Å². The maximum atomic E-state index is 2.47. The minimum atomic E-state index is 0.0386. The maximum Gasteiger partial charge on any atom is -0.00922 e. The molecule has 0 nitrogen and oxygen atoms in total. The standard InChI is InChI=1S/C50H32.C48H30.C46H40/c1-3-13-33(14-4-1)35-25-27-39-37(29-35)17-11-23-41(39)47-31-49-46-22-10-8-20-44(46)48(32-50(49)45-21-9-7-19-43(45)47)42-24-12-18-38-30-36(26-28-40(38)42)34-15-5-2-6-16-34;1-3-11-37-33(9-1)25-27-43-39-13-5-7-15-41(39)45(29-47(37)43)35-21-17-31(18-22-35)32-19-23-36(24-20-32)46-30-48-38-12-4-2-10-34(38)26-28-44(48)40-14-6-8-16-42(40)46;1-45(2,3)35-19-21-37-39(33-17-15-29-11-7-9-13-31(29)23-33)28-44-42-26-36(46(4,5)6)20-22-38(42)40(27-43(44)41(37)25-35)34-18-16-30-12-8-10-14-32(30)24-34/h1-32H;1-30H;7-28H,1-6H3. The summed E-state index contributed by atoms with van der Waals surface area (Å²) in [6.07, 6.45) is 0. The minimum absolute atomic E-state index is 0.0386. The Bertz CT molecular complexity index is 9490. The van der Waals surface area contributed by atoms with Gasteiger partial charge in [-0.05, 0) is 367 Å². The van der Waals surface area contributed by atoms with Gasteiger partial charge in [0.15, 0.2) is 0 Å². The van der Waals surface area contributed by atoms with E-state index in [0.717, 1.165) is 0 Å². The van der Waals surface area contributed by atoms with Crippen molar-refractivity contribution in [3.63, 3.8) is 0 Å². The van der Waals surface area contributed by atoms with Crippen LogP contribution in [0.3, 0.4) is 0 Å². The van der Waals surface area contributed by atoms with Crippen LogP contribution in [0.2, 0.25) is 0 Å². The summed E-state index contributed by atoms with van der Waals surface area (Å²) in [5, 5.41) is 41.1. The van der Waals surface area contributed by atoms with Crippen LogP contribution in [0.25, 0.3) is 273 Å². The van der Waals surface area contributed by atoms with Crippen LogP contribution in [0, 0.1) is 0 Å². The summed E-state index contributed by atoms with van der Waals surface area (Å²) in [6.45, 7) is 13.9. The van der Waals surface area contributed by atoms with Gasteiger partial charge in [-0.2, -0.15) is 0 Å². The van der Waals surface area contributed by atoms with Gasteiger partial charge in [-0.25, -0.2) is 0 Å². The third-order valence-electron chi connectivity index (χ3n) is 30.6. The average molecular weight is 1830 g/mol. The molecular weight excluding hydrogens is 1730 g/mol. The molecule has 0 spiro atoms. The van der Waals surface area contributed by atoms with Crippen LogP contribution in [0.4, 0.5) is 0 Å². The molecule has 0 aliphatic heterocycles. The Morgan fingerprint density at radius 3 is 0.701 bits per heavy atom. The van der Waals surface area contributed by atoms with Gasteiger partial charge < -0.3 is 0 Å². The first kappa shape index (κ1) is 86.6. The van der Waals surface area contributed by atoms with E-state index in [1.54, 1.807) is 0 Å². The number of benzene rings is 28. The molecule has 0 N–H and O–H groups in total. The van der Waals surface area contributed by atoms with Gasteiger partial charge in [-0.15, -0.1) is 0 Å². The first-order chi connectivity index (χ1) is 70.6. The Morgan fingerprint density at radius 2 is 0.319 bits per heavy atom. The third-order valence-corrected chi connectivity index (χ3v) is 30.6. The van der Waals surface area contributed by atoms with Crippen LogP contribution in [0.1, 0.15) is 52.7 Å². The lowest BCUT2D eigenvalue weighted by molar-refractivity contribution is 0.591. The van der Waals surface area contributed by atoms with Crippen molar-refractivity contribution in [3.05, 3.63) is 521 Å². The fourth-order valence-electron chi connectivity index (χ4n) is 23.1. The zero-order chi connectivity index (χ0) is 96.4. The molecule has 28 aromatic carbocycles. The normalized spacial score (nSPS) is 12.0. The quantitative estimate of drug-likeness (QED) is 0.126. The highest BCUT2D eigenvalue weighted by Gasteiger charge is 2.25. The molecule has 28 aromatic rings. The average Bonchev–Trinajstić information content (AvgIpc) is 0.697. The number of fused-ring (bicyclic) bond motifs is 24. The Balaban J connectivity index is 0.000000110. The molecule has 0 fully saturated rings. The zero-order valence-corrected chi connectivity index (χ0v) is 81.5. The van der Waals surface area contributed by atoms with E-state index in [4.69, 9.17) is 0 Å². The topological polar surface area (TPSA) is 0 Å². The number of rotatable bonds is 9. The fraction of sp³-hybridized carbons (Fsp3) is 0.0556. The summed E-state index contributed by atoms with van der Waals surface area (Å²) in [7, 11) is 0. The van der Waals surface area contributed by atoms with E-state index in [9.17, 15) is 0 Å². The highest BCUT2D eigenvalue weighted by atomic mass is 14.3. The Hall–Kier alpha value is -17.7. The van der Waals surface area contributed by atoms with Crippen molar-refractivity contribution in [1.29, 1.82) is 0 Å². The highest BCUT2D eigenvalue weighted by molar-refractivity contribution is 6.29. The van der Waals surface area contributed by atoms with Gasteiger partial charge in [0, 0.05) is 0 Å². The summed E-state index contributed by atoms with van der Waals surface area (Å²) in [4.78, 5) is 0. The molecular formula is C144H102. The van der Waals surface area contributed by atoms with Gasteiger partial charge in [0.2, 0.25) is 0 Å². The molecule has 0 aromatic heterocycles. The second-order valence-electron chi connectivity index (χ2n) is 41.2. The molecule has 0 bridgehead atoms. The maximum absolute atomic E-state index is 2.47. The molecule has 678 valence electrons. The van der Waals surface area contributed by atoms with Gasteiger partial charge >= 0.3 is 0 Å². The van der Waals surface area contributed by atoms with Gasteiger partial charge in [-0.3, -0.25) is 0 Å². The van der Waals surface area contributed by atoms with Crippen LogP contribution < -0.4 is 0 Å². The van der Waals surface area contributed by atoms with Crippen molar-refractivity contribution in [2.75, 3.05) is 0 Å². The largest absolute Gasteiger partial charge is 0.0622 e. The van der Waals surface area contributed by atoms with E-state index in [1.165, 1.54) is 284 Å². The predicted octanol–water partition coefficient (Wildman–Crippen LogP) is 41.1. The summed E-state index contributed by atoms with van der Waals surface area (Å²) < 4.78 is 0. The molecule has 0 amide bonds. The lowest BCUT2D eigenvalue weighted by Crippen LogP contribution is -2.11. The van der Waals surface area contributed by atoms with E-state index in [2.05, 4.69) is 551 Å². The van der Waals surface area contributed by atoms with Crippen LogP contribution in [-0.2, 0) is 10.8 Å². The van der Waals surface area contributed by atoms with Gasteiger partial charge in [0.05, 0.1) is 0 Å². The Labute approximate surface area is 839 Å². The molecule has 0 atom stereocenters. The lowest BCUT2D eigenvalue weighted by Gasteiger charge is -2.23. The second kappa shape index (κ2) is 35.3. The first-order valence-corrected chi connectivity index (χ1v) is 50.5. The molecule has 0 unspecified atom stereocenters. The summed E-state index contributed by atoms with van der Waals surface area (Å²) in [6, 6.07) is 189. The molecule has 0 aliphatic carbocycles. The Morgan fingerprint density at radius 1 is 0.0972 bits per heavy atom. The molecule has 0 heterocycles. The van der Waals surface area contributed by atoms with Crippen molar-refractivity contribution < 1.29 is 0 Å². The Kier molecular flexibility index (Phi) is 21.2. The lowest BCUT2D eigenvalue weighted by atomic mass is 9.81. The number of hydrogen-bond donors (Lipinski definition) is 0. The zero-order valence-electron chi connectivity index (χ0n) is 81.5. The monoisotopic (exact) mass is 1830 g/mol. The highest BCUT2D eigenvalue weighted by Crippen LogP contribution is 2.51. The SMILES string of the molecule is CC(C)(C)c1ccc2c(-c3ccc4ccccc4c3)cc3c4cc(C(C)(C)C)ccc4c(-c4ccc5ccccc5c4)cc3c2c1.c1ccc(-c2ccc3c(-c4cc5c6ccccc6c(-c6cccc7cc(-c8ccccc8)ccc67)cc5c5ccccc45)cccc3c2)cc1.c1ccc2c(c1)ccc1c3ccccc3c(-c3ccc(-c4ccc(-c5cc6c7ccccc7ccc6c6ccccc56)cc4)cc3)cc21. The van der Waals surface area contributed by atoms with E-state index in [0.29, 0.717) is 0 Å². The van der Waals surface area contributed by atoms with Crippen LogP contribution in [0.15, 0.2) is 510 Å². The fourth-order valence-corrected chi connectivity index (χ4v) is 23.1. The van der Waals surface area contributed by atoms with Crippen molar-refractivity contribution in [2.45, 2.75) is 52.4 Å². The summed E-state index contributed by atoms with van der Waals surface area (Å²) in [5.74, 6) is 0. The van der Waals surface area contributed by atoms with Crippen molar-refractivity contribution in [2.24, 2.45) is 0 Å². The molecule has 28 rings (SSSR count). The second-order valence-corrected chi connectivity index (χ2v) is 41.2. The molecule has 0 radical (unpaired) electrons. The summed E-state index contributed by atoms with van der Waals surface area (Å²) >= 11 is 0. The van der Waals surface area contributed by atoms with Gasteiger partial charge in [-0.1, -0.05) is 478 Å². The van der Waals surface area contributed by atoms with Gasteiger partial charge in [0.1, 0.15) is 0 Å². The molecule has 0 saturated heterocycles. The van der Waals surface area contributed by atoms with E-state index in [-0.39, 0.29) is 10.8 Å². The minimum Gasteiger partial charge on any atom is -0.0622 e. The first-order valence-electron chi connectivity index (χ1n) is 50.5. The van der Waals surface area contributed by atoms with Crippen LogP contribution >= 0.6 is 0 Å². The summed E-state index contributed by atoms with van der Waals surface area (Å²) in [5.41, 5.74) is 25.3. The smallest absolute Gasteiger partial charge is 0.00922 e. The van der Waals surface area contributed by atoms with Crippen molar-refractivity contribution in [1.82, 2.24) is 0 Å². The van der Waals surface area contributed by atoms with Crippen LogP contribution in [0.5, 0.6) is 0 Å². The number of hydrogen-bond acceptors (Lipinski definition) is 0. The third kappa shape index (κ3) is 15.4. The molecule has 0 heteroatoms. The van der Waals surface area contributed by atoms with E-state index in [1.807, 2.05) is 0 Å². The van der Waals surface area contributed by atoms with Crippen LogP contribution in [-0.4, -0.2) is 0 Å². The van der Waals surface area contributed by atoms with Crippen molar-refractivity contribution >= 4 is 172 Å². The van der Waals surface area contributed by atoms with E-state index < -0.39 is 0 Å². The molecule has 144 heavy (non-hydrogen) atoms. The molecule has 0 saturated carbocycles. The molecule has 0 aliphatic rings.